The van der Waals surface area contributed by atoms with E-state index >= 15 is 0 Å². The molecule has 0 aromatic heterocycles. The number of hydrogen-bond donors (Lipinski definition) is 0. The summed E-state index contributed by atoms with van der Waals surface area (Å²) in [6.07, 6.45) is 2.24. The van der Waals surface area contributed by atoms with Crippen LogP contribution in [-0.2, 0) is 9.05 Å². The summed E-state index contributed by atoms with van der Waals surface area (Å²) in [5.74, 6) is 1.28. The Kier molecular flexibility index (Phi) is 6.54. The first-order valence-electron chi connectivity index (χ1n) is 7.38. The number of ether oxygens (including phenoxy) is 1. The van der Waals surface area contributed by atoms with Crippen LogP contribution in [0.4, 0.5) is 0 Å². The first-order chi connectivity index (χ1) is 9.66. The average molecular weight is 333 g/mol. The molecule has 0 bridgehead atoms. The van der Waals surface area contributed by atoms with E-state index < -0.39 is 9.05 Å². The van der Waals surface area contributed by atoms with Gasteiger partial charge in [-0.25, -0.2) is 8.42 Å². The number of hydrogen-bond acceptors (Lipinski definition) is 3. The van der Waals surface area contributed by atoms with E-state index in [1.165, 1.54) is 0 Å². The van der Waals surface area contributed by atoms with Crippen molar-refractivity contribution in [2.24, 2.45) is 5.92 Å². The van der Waals surface area contributed by atoms with Crippen LogP contribution in [0.25, 0.3) is 0 Å². The van der Waals surface area contributed by atoms with Gasteiger partial charge in [-0.15, -0.1) is 0 Å². The summed E-state index contributed by atoms with van der Waals surface area (Å²) in [6.45, 7) is 10.7. The minimum absolute atomic E-state index is 0.0598. The van der Waals surface area contributed by atoms with E-state index in [1.54, 1.807) is 6.07 Å². The van der Waals surface area contributed by atoms with Gasteiger partial charge in [0.25, 0.3) is 9.05 Å². The summed E-state index contributed by atoms with van der Waals surface area (Å²) in [5, 5.41) is 0. The van der Waals surface area contributed by atoms with E-state index in [4.69, 9.17) is 15.4 Å². The van der Waals surface area contributed by atoms with Gasteiger partial charge in [-0.3, -0.25) is 0 Å². The summed E-state index contributed by atoms with van der Waals surface area (Å²) in [4.78, 5) is 0.186. The van der Waals surface area contributed by atoms with Crippen molar-refractivity contribution >= 4 is 19.7 Å². The number of benzene rings is 1. The minimum atomic E-state index is -3.74. The molecule has 0 radical (unpaired) electrons. The van der Waals surface area contributed by atoms with Crippen LogP contribution in [0.3, 0.4) is 0 Å². The first kappa shape index (κ1) is 18.3. The molecule has 21 heavy (non-hydrogen) atoms. The summed E-state index contributed by atoms with van der Waals surface area (Å²) in [5.41, 5.74) is 1.50. The highest BCUT2D eigenvalue weighted by Crippen LogP contribution is 2.33. The van der Waals surface area contributed by atoms with Crippen LogP contribution in [-0.4, -0.2) is 15.0 Å². The maximum atomic E-state index is 11.7. The predicted molar refractivity (Wildman–Crippen MR) is 87.9 cm³/mol. The molecule has 1 unspecified atom stereocenters. The molecule has 0 saturated carbocycles. The van der Waals surface area contributed by atoms with E-state index in [0.29, 0.717) is 18.1 Å². The summed E-state index contributed by atoms with van der Waals surface area (Å²) in [7, 11) is 1.79. The lowest BCUT2D eigenvalue weighted by molar-refractivity contribution is 0.249. The van der Waals surface area contributed by atoms with Gasteiger partial charge in [0.2, 0.25) is 0 Å². The Morgan fingerprint density at radius 2 is 1.86 bits per heavy atom. The van der Waals surface area contributed by atoms with Crippen LogP contribution in [0.2, 0.25) is 0 Å². The van der Waals surface area contributed by atoms with Crippen molar-refractivity contribution in [3.8, 4) is 5.75 Å². The maximum Gasteiger partial charge on any atom is 0.261 e. The van der Waals surface area contributed by atoms with Gasteiger partial charge in [0.05, 0.1) is 11.5 Å². The molecule has 0 saturated heterocycles. The Morgan fingerprint density at radius 1 is 1.24 bits per heavy atom. The number of halogens is 1. The molecule has 5 heteroatoms. The molecule has 0 heterocycles. The van der Waals surface area contributed by atoms with Gasteiger partial charge in [-0.2, -0.15) is 0 Å². The highest BCUT2D eigenvalue weighted by Gasteiger charge is 2.20. The fourth-order valence-electron chi connectivity index (χ4n) is 2.30. The normalized spacial score (nSPS) is 13.5. The second kappa shape index (κ2) is 7.50. The molecule has 120 valence electrons. The van der Waals surface area contributed by atoms with Crippen molar-refractivity contribution in [2.75, 3.05) is 6.61 Å². The van der Waals surface area contributed by atoms with Gasteiger partial charge in [0, 0.05) is 10.7 Å². The molecule has 1 atom stereocenters. The van der Waals surface area contributed by atoms with Gasteiger partial charge in [0.1, 0.15) is 5.75 Å². The van der Waals surface area contributed by atoms with Crippen LogP contribution < -0.4 is 4.74 Å². The Hall–Kier alpha value is -0.740. The van der Waals surface area contributed by atoms with Crippen molar-refractivity contribution in [3.63, 3.8) is 0 Å². The van der Waals surface area contributed by atoms with Crippen LogP contribution in [0.15, 0.2) is 17.0 Å². The average Bonchev–Trinajstić information content (AvgIpc) is 2.35. The molecule has 0 aliphatic heterocycles. The topological polar surface area (TPSA) is 43.4 Å². The zero-order chi connectivity index (χ0) is 16.2. The molecule has 1 rings (SSSR count). The standard InChI is InChI=1S/C16H25ClO3S/c1-6-7-12(4)10-20-15-9-14(11(2)3)16(8-13(15)5)21(17,18)19/h8-9,11-12H,6-7,10H2,1-5H3. The first-order valence-corrected chi connectivity index (χ1v) is 9.69. The fourth-order valence-corrected chi connectivity index (χ4v) is 3.60. The van der Waals surface area contributed by atoms with E-state index in [2.05, 4.69) is 13.8 Å². The summed E-state index contributed by atoms with van der Waals surface area (Å²) < 4.78 is 29.3. The third-order valence-electron chi connectivity index (χ3n) is 3.50. The van der Waals surface area contributed by atoms with Crippen LogP contribution in [0, 0.1) is 12.8 Å². The molecule has 0 N–H and O–H groups in total. The molecular formula is C16H25ClO3S. The lowest BCUT2D eigenvalue weighted by Crippen LogP contribution is -2.10. The summed E-state index contributed by atoms with van der Waals surface area (Å²) >= 11 is 0. The fraction of sp³-hybridized carbons (Fsp3) is 0.625. The van der Waals surface area contributed by atoms with Gasteiger partial charge < -0.3 is 4.74 Å². The molecule has 1 aromatic carbocycles. The van der Waals surface area contributed by atoms with Crippen LogP contribution in [0.5, 0.6) is 5.75 Å². The zero-order valence-corrected chi connectivity index (χ0v) is 15.0. The van der Waals surface area contributed by atoms with Crippen LogP contribution >= 0.6 is 10.7 Å². The third-order valence-corrected chi connectivity index (χ3v) is 4.87. The highest BCUT2D eigenvalue weighted by atomic mass is 35.7. The molecule has 0 amide bonds. The Balaban J connectivity index is 3.11. The van der Waals surface area contributed by atoms with E-state index in [0.717, 1.165) is 24.2 Å². The largest absolute Gasteiger partial charge is 0.493 e. The molecule has 0 aliphatic rings. The lowest BCUT2D eigenvalue weighted by Gasteiger charge is -2.18. The zero-order valence-electron chi connectivity index (χ0n) is 13.4. The Labute approximate surface area is 133 Å². The SMILES string of the molecule is CCCC(C)COc1cc(C(C)C)c(S(=O)(=O)Cl)cc1C. The van der Waals surface area contributed by atoms with E-state index in [9.17, 15) is 8.42 Å². The van der Waals surface area contributed by atoms with Crippen molar-refractivity contribution in [2.45, 2.75) is 58.3 Å². The third kappa shape index (κ3) is 5.19. The highest BCUT2D eigenvalue weighted by molar-refractivity contribution is 8.13. The van der Waals surface area contributed by atoms with E-state index in [-0.39, 0.29) is 10.8 Å². The van der Waals surface area contributed by atoms with Crippen LogP contribution in [0.1, 0.15) is 57.6 Å². The summed E-state index contributed by atoms with van der Waals surface area (Å²) in [6, 6.07) is 3.42. The molecule has 3 nitrogen and oxygen atoms in total. The van der Waals surface area contributed by atoms with Crippen molar-refractivity contribution in [1.82, 2.24) is 0 Å². The Bertz CT molecular complexity index is 579. The van der Waals surface area contributed by atoms with Gasteiger partial charge in [-0.05, 0) is 48.4 Å². The lowest BCUT2D eigenvalue weighted by atomic mass is 10.0. The van der Waals surface area contributed by atoms with Gasteiger partial charge >= 0.3 is 0 Å². The second-order valence-corrected chi connectivity index (χ2v) is 8.49. The minimum Gasteiger partial charge on any atom is -0.493 e. The molecule has 0 fully saturated rings. The quantitative estimate of drug-likeness (QED) is 0.669. The van der Waals surface area contributed by atoms with Crippen molar-refractivity contribution < 1.29 is 13.2 Å². The van der Waals surface area contributed by atoms with E-state index in [1.807, 2.05) is 26.8 Å². The predicted octanol–water partition coefficient (Wildman–Crippen LogP) is 4.86. The van der Waals surface area contributed by atoms with Crippen molar-refractivity contribution in [3.05, 3.63) is 23.3 Å². The number of aryl methyl sites for hydroxylation is 1. The second-order valence-electron chi connectivity index (χ2n) is 5.95. The van der Waals surface area contributed by atoms with Gasteiger partial charge in [-0.1, -0.05) is 34.1 Å². The molecular weight excluding hydrogens is 308 g/mol. The smallest absolute Gasteiger partial charge is 0.261 e. The Morgan fingerprint density at radius 3 is 2.33 bits per heavy atom. The monoisotopic (exact) mass is 332 g/mol. The van der Waals surface area contributed by atoms with Gasteiger partial charge in [0.15, 0.2) is 0 Å². The molecule has 0 spiro atoms. The molecule has 0 aliphatic carbocycles. The van der Waals surface area contributed by atoms with Crippen molar-refractivity contribution in [1.29, 1.82) is 0 Å². The number of rotatable bonds is 7. The molecule has 1 aromatic rings. The maximum absolute atomic E-state index is 11.7.